The van der Waals surface area contributed by atoms with Gasteiger partial charge in [-0.25, -0.2) is 0 Å². The van der Waals surface area contributed by atoms with Crippen molar-refractivity contribution in [3.05, 3.63) is 34.3 Å². The third kappa shape index (κ3) is 1.91. The van der Waals surface area contributed by atoms with Crippen LogP contribution in [-0.4, -0.2) is 5.78 Å². The van der Waals surface area contributed by atoms with Crippen molar-refractivity contribution >= 4 is 17.4 Å². The summed E-state index contributed by atoms with van der Waals surface area (Å²) in [4.78, 5) is 12.4. The molecule has 1 saturated carbocycles. The van der Waals surface area contributed by atoms with E-state index in [1.54, 1.807) is 0 Å². The Morgan fingerprint density at radius 1 is 1.12 bits per heavy atom. The van der Waals surface area contributed by atoms with E-state index < -0.39 is 0 Å². The smallest absolute Gasteiger partial charge is 0.168 e. The minimum Gasteiger partial charge on any atom is -0.294 e. The average Bonchev–Trinajstić information content (AvgIpc) is 2.69. The number of ketones is 1. The normalized spacial score (nSPS) is 25.0. The predicted octanol–water partition coefficient (Wildman–Crippen LogP) is 4.28. The van der Waals surface area contributed by atoms with E-state index in [0.717, 1.165) is 17.5 Å². The van der Waals surface area contributed by atoms with Crippen LogP contribution in [0.5, 0.6) is 0 Å². The summed E-state index contributed by atoms with van der Waals surface area (Å²) in [5.74, 6) is 1.11. The molecule has 2 aliphatic carbocycles. The van der Waals surface area contributed by atoms with Gasteiger partial charge in [0.1, 0.15) is 0 Å². The lowest BCUT2D eigenvalue weighted by atomic mass is 9.78. The third-order valence-electron chi connectivity index (χ3n) is 4.34. The van der Waals surface area contributed by atoms with Crippen LogP contribution >= 0.6 is 11.6 Å². The molecule has 1 nitrogen and oxygen atoms in total. The summed E-state index contributed by atoms with van der Waals surface area (Å²) in [6, 6.07) is 5.85. The summed E-state index contributed by atoms with van der Waals surface area (Å²) in [5, 5.41) is 0.644. The zero-order valence-corrected chi connectivity index (χ0v) is 10.7. The Labute approximate surface area is 107 Å². The quantitative estimate of drug-likeness (QED) is 0.725. The molecule has 1 fully saturated rings. The molecule has 0 aliphatic heterocycles. The third-order valence-corrected chi connectivity index (χ3v) is 4.66. The number of benzene rings is 1. The van der Waals surface area contributed by atoms with Gasteiger partial charge in [0.2, 0.25) is 0 Å². The van der Waals surface area contributed by atoms with Crippen LogP contribution in [0.4, 0.5) is 0 Å². The summed E-state index contributed by atoms with van der Waals surface area (Å²) in [6.45, 7) is 0. The second-order valence-electron chi connectivity index (χ2n) is 5.35. The Bertz CT molecular complexity index is 446. The van der Waals surface area contributed by atoms with Crippen molar-refractivity contribution in [2.24, 2.45) is 11.8 Å². The molecule has 0 saturated heterocycles. The molecule has 0 radical (unpaired) electrons. The van der Waals surface area contributed by atoms with Crippen molar-refractivity contribution in [3.8, 4) is 0 Å². The van der Waals surface area contributed by atoms with E-state index in [2.05, 4.69) is 6.07 Å². The van der Waals surface area contributed by atoms with Gasteiger partial charge in [-0.05, 0) is 36.8 Å². The molecule has 17 heavy (non-hydrogen) atoms. The maximum Gasteiger partial charge on any atom is 0.168 e. The van der Waals surface area contributed by atoms with E-state index in [1.165, 1.54) is 32.1 Å². The molecule has 0 amide bonds. The number of rotatable bonds is 1. The fraction of sp³-hybridized carbons (Fsp3) is 0.533. The van der Waals surface area contributed by atoms with Gasteiger partial charge >= 0.3 is 0 Å². The van der Waals surface area contributed by atoms with Crippen molar-refractivity contribution in [1.29, 1.82) is 0 Å². The van der Waals surface area contributed by atoms with Gasteiger partial charge in [-0.3, -0.25) is 4.79 Å². The number of carbonyl (C=O) groups is 1. The van der Waals surface area contributed by atoms with E-state index in [0.29, 0.717) is 16.7 Å². The van der Waals surface area contributed by atoms with E-state index in [-0.39, 0.29) is 5.92 Å². The number of hydrogen-bond acceptors (Lipinski definition) is 1. The SMILES string of the molecule is O=C1c2c(Cl)cccc2CC1C1CCCCC1. The molecule has 1 unspecified atom stereocenters. The lowest BCUT2D eigenvalue weighted by Crippen LogP contribution is -2.23. The Morgan fingerprint density at radius 3 is 2.59 bits per heavy atom. The van der Waals surface area contributed by atoms with E-state index in [9.17, 15) is 4.79 Å². The topological polar surface area (TPSA) is 17.1 Å². The molecule has 1 aromatic carbocycles. The van der Waals surface area contributed by atoms with Crippen LogP contribution in [0.1, 0.15) is 48.0 Å². The Morgan fingerprint density at radius 2 is 1.88 bits per heavy atom. The minimum atomic E-state index is 0.213. The number of Topliss-reactive ketones (excluding diaryl/α,β-unsaturated/α-hetero) is 1. The molecule has 2 aliphatic rings. The van der Waals surface area contributed by atoms with Crippen LogP contribution in [0.15, 0.2) is 18.2 Å². The molecule has 90 valence electrons. The minimum absolute atomic E-state index is 0.213. The fourth-order valence-corrected chi connectivity index (χ4v) is 3.73. The summed E-state index contributed by atoms with van der Waals surface area (Å²) >= 11 is 6.15. The highest BCUT2D eigenvalue weighted by molar-refractivity contribution is 6.34. The maximum absolute atomic E-state index is 12.4. The van der Waals surface area contributed by atoms with Crippen LogP contribution in [0, 0.1) is 11.8 Å². The van der Waals surface area contributed by atoms with Crippen LogP contribution in [-0.2, 0) is 6.42 Å². The Balaban J connectivity index is 1.88. The molecule has 0 spiro atoms. The van der Waals surface area contributed by atoms with Crippen LogP contribution < -0.4 is 0 Å². The fourth-order valence-electron chi connectivity index (χ4n) is 3.45. The molecule has 0 heterocycles. The van der Waals surface area contributed by atoms with Crippen LogP contribution in [0.3, 0.4) is 0 Å². The Kier molecular flexibility index (Phi) is 2.96. The van der Waals surface area contributed by atoms with Gasteiger partial charge in [0.05, 0.1) is 5.02 Å². The van der Waals surface area contributed by atoms with Crippen LogP contribution in [0.2, 0.25) is 5.02 Å². The first-order chi connectivity index (χ1) is 8.27. The monoisotopic (exact) mass is 248 g/mol. The molecule has 1 atom stereocenters. The van der Waals surface area contributed by atoms with Gasteiger partial charge in [0.15, 0.2) is 5.78 Å². The molecule has 2 heteroatoms. The first-order valence-corrected chi connectivity index (χ1v) is 6.97. The van der Waals surface area contributed by atoms with Gasteiger partial charge < -0.3 is 0 Å². The number of halogens is 1. The van der Waals surface area contributed by atoms with Gasteiger partial charge in [0, 0.05) is 11.5 Å². The van der Waals surface area contributed by atoms with Gasteiger partial charge in [-0.1, -0.05) is 43.0 Å². The predicted molar refractivity (Wildman–Crippen MR) is 69.6 cm³/mol. The second-order valence-corrected chi connectivity index (χ2v) is 5.75. The van der Waals surface area contributed by atoms with Crippen molar-refractivity contribution < 1.29 is 4.79 Å². The molecule has 1 aromatic rings. The first kappa shape index (κ1) is 11.3. The standard InChI is InChI=1S/C15H17ClO/c16-13-8-4-7-11-9-12(15(17)14(11)13)10-5-2-1-3-6-10/h4,7-8,10,12H,1-3,5-6,9H2. The second kappa shape index (κ2) is 4.45. The summed E-state index contributed by atoms with van der Waals surface area (Å²) in [5.41, 5.74) is 1.97. The molecular formula is C15H17ClO. The molecular weight excluding hydrogens is 232 g/mol. The summed E-state index contributed by atoms with van der Waals surface area (Å²) < 4.78 is 0. The average molecular weight is 249 g/mol. The lowest BCUT2D eigenvalue weighted by molar-refractivity contribution is 0.0869. The maximum atomic E-state index is 12.4. The highest BCUT2D eigenvalue weighted by atomic mass is 35.5. The highest BCUT2D eigenvalue weighted by Crippen LogP contribution is 2.40. The van der Waals surface area contributed by atoms with Crippen LogP contribution in [0.25, 0.3) is 0 Å². The van der Waals surface area contributed by atoms with Gasteiger partial charge in [-0.2, -0.15) is 0 Å². The van der Waals surface area contributed by atoms with Gasteiger partial charge in [0.25, 0.3) is 0 Å². The Hall–Kier alpha value is -0.820. The first-order valence-electron chi connectivity index (χ1n) is 6.59. The van der Waals surface area contributed by atoms with E-state index >= 15 is 0 Å². The number of carbonyl (C=O) groups excluding carboxylic acids is 1. The molecule has 0 aromatic heterocycles. The van der Waals surface area contributed by atoms with E-state index in [4.69, 9.17) is 11.6 Å². The number of hydrogen-bond donors (Lipinski definition) is 0. The van der Waals surface area contributed by atoms with E-state index in [1.807, 2.05) is 12.1 Å². The lowest BCUT2D eigenvalue weighted by Gasteiger charge is -2.26. The van der Waals surface area contributed by atoms with Crippen molar-refractivity contribution in [1.82, 2.24) is 0 Å². The number of fused-ring (bicyclic) bond motifs is 1. The zero-order chi connectivity index (χ0) is 11.8. The summed E-state index contributed by atoms with van der Waals surface area (Å²) in [7, 11) is 0. The van der Waals surface area contributed by atoms with Crippen molar-refractivity contribution in [2.75, 3.05) is 0 Å². The molecule has 3 rings (SSSR count). The zero-order valence-electron chi connectivity index (χ0n) is 9.92. The van der Waals surface area contributed by atoms with Crippen molar-refractivity contribution in [3.63, 3.8) is 0 Å². The molecule has 0 bridgehead atoms. The molecule has 0 N–H and O–H groups in total. The van der Waals surface area contributed by atoms with Gasteiger partial charge in [-0.15, -0.1) is 0 Å². The summed E-state index contributed by atoms with van der Waals surface area (Å²) in [6.07, 6.45) is 7.28. The largest absolute Gasteiger partial charge is 0.294 e. The highest BCUT2D eigenvalue weighted by Gasteiger charge is 2.37. The van der Waals surface area contributed by atoms with Crippen molar-refractivity contribution in [2.45, 2.75) is 38.5 Å².